The Balaban J connectivity index is 1.41. The number of nitrogens with one attached hydrogen (secondary N) is 1. The molecule has 3 aromatic carbocycles. The zero-order valence-corrected chi connectivity index (χ0v) is 20.3. The molecule has 0 spiro atoms. The van der Waals surface area contributed by atoms with Gasteiger partial charge >= 0.3 is 5.97 Å². The normalized spacial score (nSPS) is 14.4. The molecule has 1 aliphatic heterocycles. The van der Waals surface area contributed by atoms with Crippen molar-refractivity contribution in [2.24, 2.45) is 5.92 Å². The van der Waals surface area contributed by atoms with E-state index in [1.165, 1.54) is 12.1 Å². The molecule has 180 valence electrons. The molecule has 6 rings (SSSR count). The Labute approximate surface area is 211 Å². The number of benzene rings is 3. The van der Waals surface area contributed by atoms with Crippen molar-refractivity contribution in [1.82, 2.24) is 9.97 Å². The fourth-order valence-corrected chi connectivity index (χ4v) is 6.07. The summed E-state index contributed by atoms with van der Waals surface area (Å²) in [5.74, 6) is -1.25. The van der Waals surface area contributed by atoms with Gasteiger partial charge in [0.15, 0.2) is 5.13 Å². The largest absolute Gasteiger partial charge is 0.481 e. The molecule has 5 nitrogen and oxygen atoms in total. The molecule has 0 saturated carbocycles. The van der Waals surface area contributed by atoms with Crippen molar-refractivity contribution in [3.63, 3.8) is 0 Å². The van der Waals surface area contributed by atoms with Crippen LogP contribution in [0.25, 0.3) is 43.7 Å². The first-order valence-corrected chi connectivity index (χ1v) is 12.8. The van der Waals surface area contributed by atoms with E-state index in [0.717, 1.165) is 48.9 Å². The number of carboxylic acid groups (broad SMARTS) is 1. The van der Waals surface area contributed by atoms with E-state index in [9.17, 15) is 14.3 Å². The summed E-state index contributed by atoms with van der Waals surface area (Å²) in [7, 11) is 0. The first-order valence-electron chi connectivity index (χ1n) is 12.0. The molecule has 0 unspecified atom stereocenters. The van der Waals surface area contributed by atoms with Crippen LogP contribution < -0.4 is 4.90 Å². The lowest BCUT2D eigenvalue weighted by molar-refractivity contribution is -0.142. The van der Waals surface area contributed by atoms with E-state index in [1.807, 2.05) is 24.4 Å². The molecule has 2 N–H and O–H groups in total. The van der Waals surface area contributed by atoms with Gasteiger partial charge in [-0.1, -0.05) is 59.9 Å². The number of aromatic amines is 1. The van der Waals surface area contributed by atoms with Crippen LogP contribution in [0.1, 0.15) is 12.8 Å². The van der Waals surface area contributed by atoms with Crippen molar-refractivity contribution in [3.05, 3.63) is 84.8 Å². The first kappa shape index (κ1) is 22.5. The number of rotatable bonds is 5. The molecule has 0 atom stereocenters. The molecule has 7 heteroatoms. The lowest BCUT2D eigenvalue weighted by atomic mass is 9.97. The van der Waals surface area contributed by atoms with E-state index in [-0.39, 0.29) is 11.7 Å². The maximum atomic E-state index is 13.4. The number of fused-ring (bicyclic) bond motifs is 1. The Hall–Kier alpha value is -3.97. The van der Waals surface area contributed by atoms with Crippen LogP contribution in [0.2, 0.25) is 0 Å². The van der Waals surface area contributed by atoms with Gasteiger partial charge in [0.2, 0.25) is 0 Å². The summed E-state index contributed by atoms with van der Waals surface area (Å²) in [6, 6.07) is 23.0. The van der Waals surface area contributed by atoms with Gasteiger partial charge in [-0.05, 0) is 48.2 Å². The molecule has 5 aromatic rings. The summed E-state index contributed by atoms with van der Waals surface area (Å²) in [6.45, 7) is 1.36. The molecular formula is C29H24FN3O2S. The van der Waals surface area contributed by atoms with Gasteiger partial charge in [-0.2, -0.15) is 0 Å². The quantitative estimate of drug-likeness (QED) is 0.273. The van der Waals surface area contributed by atoms with Crippen LogP contribution in [-0.4, -0.2) is 34.1 Å². The minimum atomic E-state index is -0.712. The Bertz CT molecular complexity index is 1530. The third kappa shape index (κ3) is 4.16. The zero-order chi connectivity index (χ0) is 24.6. The van der Waals surface area contributed by atoms with E-state index in [4.69, 9.17) is 4.98 Å². The summed E-state index contributed by atoms with van der Waals surface area (Å²) < 4.78 is 13.4. The smallest absolute Gasteiger partial charge is 0.306 e. The van der Waals surface area contributed by atoms with Crippen LogP contribution in [0.3, 0.4) is 0 Å². The molecule has 1 fully saturated rings. The second-order valence-electron chi connectivity index (χ2n) is 9.10. The Morgan fingerprint density at radius 2 is 1.61 bits per heavy atom. The number of piperidine rings is 1. The molecule has 0 aliphatic carbocycles. The van der Waals surface area contributed by atoms with Gasteiger partial charge in [0.1, 0.15) is 5.82 Å². The third-order valence-corrected chi connectivity index (χ3v) is 8.06. The van der Waals surface area contributed by atoms with Crippen LogP contribution in [-0.2, 0) is 4.79 Å². The number of hydrogen-bond acceptors (Lipinski definition) is 4. The van der Waals surface area contributed by atoms with Gasteiger partial charge in [0, 0.05) is 41.3 Å². The molecule has 3 heterocycles. The number of nitrogens with zero attached hydrogens (tertiary/aromatic N) is 2. The number of carboxylic acids is 1. The number of carbonyl (C=O) groups is 1. The van der Waals surface area contributed by atoms with Crippen molar-refractivity contribution < 1.29 is 14.3 Å². The van der Waals surface area contributed by atoms with Crippen LogP contribution >= 0.6 is 11.3 Å². The average Bonchev–Trinajstić information content (AvgIpc) is 3.57. The molecule has 1 saturated heterocycles. The summed E-state index contributed by atoms with van der Waals surface area (Å²) in [4.78, 5) is 23.1. The minimum absolute atomic E-state index is 0.249. The maximum Gasteiger partial charge on any atom is 0.306 e. The minimum Gasteiger partial charge on any atom is -0.481 e. The average molecular weight is 498 g/mol. The van der Waals surface area contributed by atoms with Crippen molar-refractivity contribution in [2.75, 3.05) is 18.0 Å². The summed E-state index contributed by atoms with van der Waals surface area (Å²) >= 11 is 1.66. The van der Waals surface area contributed by atoms with Crippen molar-refractivity contribution in [2.45, 2.75) is 12.8 Å². The molecule has 0 amide bonds. The monoisotopic (exact) mass is 497 g/mol. The summed E-state index contributed by atoms with van der Waals surface area (Å²) in [6.07, 6.45) is 3.20. The molecule has 0 radical (unpaired) electrons. The highest BCUT2D eigenvalue weighted by Crippen LogP contribution is 2.43. The van der Waals surface area contributed by atoms with E-state index in [0.29, 0.717) is 25.9 Å². The van der Waals surface area contributed by atoms with E-state index >= 15 is 0 Å². The maximum absolute atomic E-state index is 13.4. The van der Waals surface area contributed by atoms with E-state index < -0.39 is 5.97 Å². The zero-order valence-electron chi connectivity index (χ0n) is 19.4. The Morgan fingerprint density at radius 1 is 0.944 bits per heavy atom. The number of aliphatic carboxylic acids is 1. The number of aromatic nitrogens is 2. The molecule has 2 aromatic heterocycles. The Kier molecular flexibility index (Phi) is 5.77. The van der Waals surface area contributed by atoms with Crippen molar-refractivity contribution in [3.8, 4) is 32.8 Å². The Morgan fingerprint density at radius 3 is 2.31 bits per heavy atom. The second-order valence-corrected chi connectivity index (χ2v) is 10.1. The predicted molar refractivity (Wildman–Crippen MR) is 143 cm³/mol. The van der Waals surface area contributed by atoms with Crippen molar-refractivity contribution in [1.29, 1.82) is 0 Å². The SMILES string of the molecule is O=C(O)C1CCN(c2nc(-c3ccc(-c4ccc(F)cc4)cc3)c(-c3cccc4[nH]ccc34)s2)CC1. The summed E-state index contributed by atoms with van der Waals surface area (Å²) in [5.41, 5.74) is 6.08. The van der Waals surface area contributed by atoms with Crippen LogP contribution in [0.4, 0.5) is 9.52 Å². The van der Waals surface area contributed by atoms with Gasteiger partial charge in [0.05, 0.1) is 16.5 Å². The molecule has 0 bridgehead atoms. The lowest BCUT2D eigenvalue weighted by Crippen LogP contribution is -2.36. The van der Waals surface area contributed by atoms with Crippen LogP contribution in [0, 0.1) is 11.7 Å². The number of anilines is 1. The standard InChI is InChI=1S/C29H24FN3O2S/c30-22-10-8-19(9-11-22)18-4-6-20(7-5-18)26-27(24-2-1-3-25-23(24)12-15-31-25)36-29(32-26)33-16-13-21(14-17-33)28(34)35/h1-12,15,21,31H,13-14,16-17H2,(H,34,35). The number of halogens is 1. The van der Waals surface area contributed by atoms with Crippen LogP contribution in [0.5, 0.6) is 0 Å². The fraction of sp³-hybridized carbons (Fsp3) is 0.172. The summed E-state index contributed by atoms with van der Waals surface area (Å²) in [5, 5.41) is 11.4. The highest BCUT2D eigenvalue weighted by Gasteiger charge is 2.27. The second kappa shape index (κ2) is 9.24. The fourth-order valence-electron chi connectivity index (χ4n) is 4.89. The van der Waals surface area contributed by atoms with Gasteiger partial charge in [-0.3, -0.25) is 4.79 Å². The number of H-pyrrole nitrogens is 1. The van der Waals surface area contributed by atoms with Gasteiger partial charge in [-0.25, -0.2) is 9.37 Å². The van der Waals surface area contributed by atoms with Crippen molar-refractivity contribution >= 4 is 33.3 Å². The van der Waals surface area contributed by atoms with Gasteiger partial charge < -0.3 is 15.0 Å². The third-order valence-electron chi connectivity index (χ3n) is 6.91. The lowest BCUT2D eigenvalue weighted by Gasteiger charge is -2.29. The van der Waals surface area contributed by atoms with E-state index in [2.05, 4.69) is 40.2 Å². The predicted octanol–water partition coefficient (Wildman–Crippen LogP) is 7.07. The molecule has 36 heavy (non-hydrogen) atoms. The highest BCUT2D eigenvalue weighted by molar-refractivity contribution is 7.19. The number of hydrogen-bond donors (Lipinski definition) is 2. The van der Waals surface area contributed by atoms with Crippen LogP contribution in [0.15, 0.2) is 79.0 Å². The highest BCUT2D eigenvalue weighted by atomic mass is 32.1. The molecular weight excluding hydrogens is 473 g/mol. The van der Waals surface area contributed by atoms with E-state index in [1.54, 1.807) is 23.5 Å². The van der Waals surface area contributed by atoms with Gasteiger partial charge in [-0.15, -0.1) is 0 Å². The first-order chi connectivity index (χ1) is 17.6. The molecule has 1 aliphatic rings. The van der Waals surface area contributed by atoms with Gasteiger partial charge in [0.25, 0.3) is 0 Å². The topological polar surface area (TPSA) is 69.2 Å². The number of thiazole rings is 1.